The molecule has 0 bridgehead atoms. The third-order valence-corrected chi connectivity index (χ3v) is 3.61. The lowest BCUT2D eigenvalue weighted by atomic mass is 9.98. The van der Waals surface area contributed by atoms with Crippen molar-refractivity contribution >= 4 is 11.8 Å². The van der Waals surface area contributed by atoms with Gasteiger partial charge in [0.25, 0.3) is 5.91 Å². The van der Waals surface area contributed by atoms with Crippen molar-refractivity contribution in [2.24, 2.45) is 0 Å². The molecule has 19 heavy (non-hydrogen) atoms. The van der Waals surface area contributed by atoms with Crippen LogP contribution in [0.4, 0.5) is 0 Å². The summed E-state index contributed by atoms with van der Waals surface area (Å²) in [6.45, 7) is 0.745. The average molecular weight is 260 g/mol. The number of carbonyl (C=O) groups excluding carboxylic acids is 2. The van der Waals surface area contributed by atoms with Gasteiger partial charge in [-0.2, -0.15) is 0 Å². The standard InChI is InChI=1S/C15H20N2O2/c1-16-14(18)11-13-9-5-6-10-17(13)15(19)12-7-3-2-4-8-12/h2-4,7-8,13H,5-6,9-11H2,1H3,(H,16,18). The molecule has 0 aliphatic carbocycles. The van der Waals surface area contributed by atoms with Gasteiger partial charge < -0.3 is 10.2 Å². The van der Waals surface area contributed by atoms with E-state index in [1.807, 2.05) is 35.2 Å². The van der Waals surface area contributed by atoms with Crippen LogP contribution in [0, 0.1) is 0 Å². The van der Waals surface area contributed by atoms with Crippen molar-refractivity contribution in [2.45, 2.75) is 31.7 Å². The Kier molecular flexibility index (Phi) is 4.55. The van der Waals surface area contributed by atoms with Gasteiger partial charge in [-0.1, -0.05) is 18.2 Å². The minimum Gasteiger partial charge on any atom is -0.359 e. The highest BCUT2D eigenvalue weighted by molar-refractivity contribution is 5.94. The molecule has 0 radical (unpaired) electrons. The molecular formula is C15H20N2O2. The van der Waals surface area contributed by atoms with Crippen molar-refractivity contribution in [3.8, 4) is 0 Å². The van der Waals surface area contributed by atoms with E-state index in [9.17, 15) is 9.59 Å². The Balaban J connectivity index is 2.11. The number of likely N-dealkylation sites (tertiary alicyclic amines) is 1. The zero-order chi connectivity index (χ0) is 13.7. The third kappa shape index (κ3) is 3.34. The van der Waals surface area contributed by atoms with E-state index in [1.165, 1.54) is 0 Å². The van der Waals surface area contributed by atoms with Gasteiger partial charge in [0.15, 0.2) is 0 Å². The normalized spacial score (nSPS) is 19.0. The summed E-state index contributed by atoms with van der Waals surface area (Å²) < 4.78 is 0. The summed E-state index contributed by atoms with van der Waals surface area (Å²) in [6, 6.07) is 9.31. The molecule has 0 spiro atoms. The molecule has 1 aromatic carbocycles. The Hall–Kier alpha value is -1.84. The van der Waals surface area contributed by atoms with Gasteiger partial charge in [-0.05, 0) is 31.4 Å². The minimum atomic E-state index is -0.00207. The number of nitrogens with zero attached hydrogens (tertiary/aromatic N) is 1. The number of rotatable bonds is 3. The molecule has 1 fully saturated rings. The molecule has 1 saturated heterocycles. The summed E-state index contributed by atoms with van der Waals surface area (Å²) in [5.41, 5.74) is 0.700. The number of carbonyl (C=O) groups is 2. The molecule has 0 aromatic heterocycles. The second-order valence-electron chi connectivity index (χ2n) is 4.89. The number of piperidine rings is 1. The van der Waals surface area contributed by atoms with Gasteiger partial charge in [0.1, 0.15) is 0 Å². The van der Waals surface area contributed by atoms with Gasteiger partial charge in [0.05, 0.1) is 0 Å². The maximum absolute atomic E-state index is 12.5. The maximum atomic E-state index is 12.5. The molecular weight excluding hydrogens is 240 g/mol. The van der Waals surface area contributed by atoms with Crippen LogP contribution >= 0.6 is 0 Å². The fourth-order valence-corrected chi connectivity index (χ4v) is 2.54. The summed E-state index contributed by atoms with van der Waals surface area (Å²) >= 11 is 0. The van der Waals surface area contributed by atoms with Gasteiger partial charge >= 0.3 is 0 Å². The van der Waals surface area contributed by atoms with Gasteiger partial charge in [-0.25, -0.2) is 0 Å². The highest BCUT2D eigenvalue weighted by atomic mass is 16.2. The summed E-state index contributed by atoms with van der Waals surface area (Å²) in [7, 11) is 1.63. The van der Waals surface area contributed by atoms with E-state index in [2.05, 4.69) is 5.32 Å². The molecule has 1 unspecified atom stereocenters. The second-order valence-corrected chi connectivity index (χ2v) is 4.89. The quantitative estimate of drug-likeness (QED) is 0.901. The Morgan fingerprint density at radius 2 is 2.00 bits per heavy atom. The second kappa shape index (κ2) is 6.36. The van der Waals surface area contributed by atoms with Crippen LogP contribution in [0.5, 0.6) is 0 Å². The topological polar surface area (TPSA) is 49.4 Å². The van der Waals surface area contributed by atoms with E-state index in [4.69, 9.17) is 0 Å². The Morgan fingerprint density at radius 1 is 1.26 bits per heavy atom. The number of hydrogen-bond acceptors (Lipinski definition) is 2. The van der Waals surface area contributed by atoms with E-state index in [1.54, 1.807) is 7.05 Å². The van der Waals surface area contributed by atoms with Crippen LogP contribution in [0.2, 0.25) is 0 Å². The van der Waals surface area contributed by atoms with Crippen LogP contribution in [0.15, 0.2) is 30.3 Å². The summed E-state index contributed by atoms with van der Waals surface area (Å²) in [6.07, 6.45) is 3.41. The van der Waals surface area contributed by atoms with E-state index < -0.39 is 0 Å². The molecule has 4 nitrogen and oxygen atoms in total. The Labute approximate surface area is 113 Å². The largest absolute Gasteiger partial charge is 0.359 e. The van der Waals surface area contributed by atoms with Crippen LogP contribution in [0.1, 0.15) is 36.0 Å². The van der Waals surface area contributed by atoms with Gasteiger partial charge in [-0.3, -0.25) is 9.59 Å². The maximum Gasteiger partial charge on any atom is 0.254 e. The van der Waals surface area contributed by atoms with Gasteiger partial charge in [0, 0.05) is 31.6 Å². The first kappa shape index (κ1) is 13.6. The van der Waals surface area contributed by atoms with Crippen LogP contribution in [-0.4, -0.2) is 36.3 Å². The van der Waals surface area contributed by atoms with Crippen molar-refractivity contribution in [1.82, 2.24) is 10.2 Å². The highest BCUT2D eigenvalue weighted by Gasteiger charge is 2.28. The van der Waals surface area contributed by atoms with Crippen LogP contribution in [0.3, 0.4) is 0 Å². The smallest absolute Gasteiger partial charge is 0.254 e. The first-order chi connectivity index (χ1) is 9.22. The predicted molar refractivity (Wildman–Crippen MR) is 73.8 cm³/mol. The zero-order valence-corrected chi connectivity index (χ0v) is 11.3. The number of hydrogen-bond donors (Lipinski definition) is 1. The Bertz CT molecular complexity index is 445. The fraction of sp³-hybridized carbons (Fsp3) is 0.467. The summed E-state index contributed by atoms with van der Waals surface area (Å²) in [4.78, 5) is 25.9. The van der Waals surface area contributed by atoms with Crippen molar-refractivity contribution in [3.05, 3.63) is 35.9 Å². The summed E-state index contributed by atoms with van der Waals surface area (Å²) in [5.74, 6) is 0.0342. The van der Waals surface area contributed by atoms with E-state index in [0.717, 1.165) is 25.8 Å². The third-order valence-electron chi connectivity index (χ3n) is 3.61. The number of benzene rings is 1. The lowest BCUT2D eigenvalue weighted by Gasteiger charge is -2.35. The molecule has 2 rings (SSSR count). The molecule has 102 valence electrons. The molecule has 1 aromatic rings. The molecule has 1 aliphatic rings. The SMILES string of the molecule is CNC(=O)CC1CCCCN1C(=O)c1ccccc1. The fourth-order valence-electron chi connectivity index (χ4n) is 2.54. The molecule has 2 amide bonds. The highest BCUT2D eigenvalue weighted by Crippen LogP contribution is 2.21. The van der Waals surface area contributed by atoms with Gasteiger partial charge in [0.2, 0.25) is 5.91 Å². The molecule has 0 saturated carbocycles. The first-order valence-electron chi connectivity index (χ1n) is 6.79. The van der Waals surface area contributed by atoms with Crippen molar-refractivity contribution in [1.29, 1.82) is 0 Å². The molecule has 1 aliphatic heterocycles. The van der Waals surface area contributed by atoms with E-state index in [-0.39, 0.29) is 17.9 Å². The zero-order valence-electron chi connectivity index (χ0n) is 11.3. The van der Waals surface area contributed by atoms with E-state index in [0.29, 0.717) is 12.0 Å². The monoisotopic (exact) mass is 260 g/mol. The summed E-state index contributed by atoms with van der Waals surface area (Å²) in [5, 5.41) is 2.63. The van der Waals surface area contributed by atoms with Gasteiger partial charge in [-0.15, -0.1) is 0 Å². The first-order valence-corrected chi connectivity index (χ1v) is 6.79. The van der Waals surface area contributed by atoms with Crippen LogP contribution in [-0.2, 0) is 4.79 Å². The van der Waals surface area contributed by atoms with Crippen LogP contribution in [0.25, 0.3) is 0 Å². The lowest BCUT2D eigenvalue weighted by molar-refractivity contribution is -0.121. The van der Waals surface area contributed by atoms with Crippen molar-refractivity contribution < 1.29 is 9.59 Å². The predicted octanol–water partition coefficient (Wildman–Crippen LogP) is 1.82. The number of amides is 2. The van der Waals surface area contributed by atoms with E-state index >= 15 is 0 Å². The molecule has 1 N–H and O–H groups in total. The van der Waals surface area contributed by atoms with Crippen molar-refractivity contribution in [3.63, 3.8) is 0 Å². The Morgan fingerprint density at radius 3 is 2.68 bits per heavy atom. The lowest BCUT2D eigenvalue weighted by Crippen LogP contribution is -2.45. The minimum absolute atomic E-state index is 0.00207. The van der Waals surface area contributed by atoms with Crippen LogP contribution < -0.4 is 5.32 Å². The molecule has 1 atom stereocenters. The molecule has 4 heteroatoms. The number of nitrogens with one attached hydrogen (secondary N) is 1. The average Bonchev–Trinajstić information content (AvgIpc) is 2.48. The molecule has 1 heterocycles. The van der Waals surface area contributed by atoms with Crippen molar-refractivity contribution in [2.75, 3.05) is 13.6 Å².